The molecule has 88 valence electrons. The van der Waals surface area contributed by atoms with E-state index in [9.17, 15) is 0 Å². The fraction of sp³-hybridized carbons (Fsp3) is 0.467. The van der Waals surface area contributed by atoms with Crippen LogP contribution in [0.4, 0.5) is 0 Å². The Morgan fingerprint density at radius 1 is 1.50 bits per heavy atom. The quantitative estimate of drug-likeness (QED) is 0.392. The number of likely N-dealkylation sites (N-methyl/N-ethyl adjacent to an activating group) is 1. The van der Waals surface area contributed by atoms with E-state index in [-0.39, 0.29) is 0 Å². The molecule has 0 bridgehead atoms. The molecule has 0 aliphatic carbocycles. The van der Waals surface area contributed by atoms with Crippen LogP contribution < -0.4 is 5.32 Å². The maximum atomic E-state index is 5.55. The largest absolute Gasteiger partial charge is 0.316 e. The highest BCUT2D eigenvalue weighted by atomic mass is 14.8. The van der Waals surface area contributed by atoms with Gasteiger partial charge in [-0.2, -0.15) is 0 Å². The summed E-state index contributed by atoms with van der Waals surface area (Å²) in [5.41, 5.74) is 2.33. The number of nitrogens with one attached hydrogen (secondary N) is 1. The lowest BCUT2D eigenvalue weighted by atomic mass is 9.96. The first-order valence-corrected chi connectivity index (χ1v) is 5.75. The van der Waals surface area contributed by atoms with Gasteiger partial charge in [0.05, 0.1) is 0 Å². The highest BCUT2D eigenvalue weighted by molar-refractivity contribution is 5.35. The summed E-state index contributed by atoms with van der Waals surface area (Å²) in [6, 6.07) is 0. The van der Waals surface area contributed by atoms with E-state index >= 15 is 0 Å². The zero-order chi connectivity index (χ0) is 12.4. The lowest BCUT2D eigenvalue weighted by Crippen LogP contribution is -2.12. The molecule has 1 nitrogen and oxygen atoms in total. The Morgan fingerprint density at radius 3 is 2.69 bits per heavy atom. The van der Waals surface area contributed by atoms with Crippen LogP contribution in [0.2, 0.25) is 0 Å². The number of rotatable bonds is 7. The van der Waals surface area contributed by atoms with E-state index in [4.69, 9.17) is 6.42 Å². The minimum absolute atomic E-state index is 0.322. The van der Waals surface area contributed by atoms with Gasteiger partial charge in [0.15, 0.2) is 0 Å². The Morgan fingerprint density at radius 2 is 2.19 bits per heavy atom. The van der Waals surface area contributed by atoms with Gasteiger partial charge in [-0.3, -0.25) is 0 Å². The molecule has 1 atom stereocenters. The van der Waals surface area contributed by atoms with E-state index in [1.54, 1.807) is 0 Å². The van der Waals surface area contributed by atoms with Gasteiger partial charge in [0, 0.05) is 18.0 Å². The van der Waals surface area contributed by atoms with Gasteiger partial charge in [-0.05, 0) is 32.4 Å². The molecule has 0 aliphatic rings. The van der Waals surface area contributed by atoms with Gasteiger partial charge in [-0.15, -0.1) is 13.0 Å². The fourth-order valence-corrected chi connectivity index (χ4v) is 1.61. The van der Waals surface area contributed by atoms with E-state index in [0.29, 0.717) is 5.92 Å². The molecule has 0 saturated carbocycles. The molecular weight excluding hydrogens is 194 g/mol. The molecule has 0 aromatic heterocycles. The summed E-state index contributed by atoms with van der Waals surface area (Å²) in [4.78, 5) is 0. The molecule has 1 heteroatoms. The van der Waals surface area contributed by atoms with Crippen LogP contribution in [0.15, 0.2) is 36.0 Å². The van der Waals surface area contributed by atoms with E-state index in [1.165, 1.54) is 5.57 Å². The van der Waals surface area contributed by atoms with E-state index in [2.05, 4.69) is 43.8 Å². The van der Waals surface area contributed by atoms with Crippen LogP contribution in [0.25, 0.3) is 0 Å². The van der Waals surface area contributed by atoms with Crippen molar-refractivity contribution >= 4 is 0 Å². The topological polar surface area (TPSA) is 12.0 Å². The van der Waals surface area contributed by atoms with Crippen LogP contribution in [-0.2, 0) is 0 Å². The monoisotopic (exact) mass is 217 g/mol. The fourth-order valence-electron chi connectivity index (χ4n) is 1.61. The number of hydrogen-bond donors (Lipinski definition) is 1. The van der Waals surface area contributed by atoms with Crippen molar-refractivity contribution in [1.29, 1.82) is 0 Å². The lowest BCUT2D eigenvalue weighted by Gasteiger charge is -2.10. The van der Waals surface area contributed by atoms with Crippen molar-refractivity contribution in [1.82, 2.24) is 5.32 Å². The maximum Gasteiger partial charge on any atom is 0.0171 e. The second-order valence-corrected chi connectivity index (χ2v) is 3.95. The molecule has 0 aromatic rings. The number of unbranched alkanes of at least 4 members (excludes halogenated alkanes) is 1. The summed E-state index contributed by atoms with van der Waals surface area (Å²) in [7, 11) is 1.93. The third kappa shape index (κ3) is 5.58. The molecule has 0 heterocycles. The van der Waals surface area contributed by atoms with E-state index < -0.39 is 0 Å². The minimum atomic E-state index is 0.322. The van der Waals surface area contributed by atoms with Crippen molar-refractivity contribution in [3.8, 4) is 12.3 Å². The normalized spacial score (nSPS) is 14.4. The van der Waals surface area contributed by atoms with Gasteiger partial charge >= 0.3 is 0 Å². The first kappa shape index (κ1) is 14.7. The first-order valence-electron chi connectivity index (χ1n) is 5.75. The van der Waals surface area contributed by atoms with Crippen molar-refractivity contribution in [3.05, 3.63) is 36.0 Å². The molecule has 0 spiro atoms. The van der Waals surface area contributed by atoms with Gasteiger partial charge < -0.3 is 5.32 Å². The molecular formula is C15H23N. The molecule has 0 fully saturated rings. The zero-order valence-electron chi connectivity index (χ0n) is 10.7. The lowest BCUT2D eigenvalue weighted by molar-refractivity contribution is 0.822. The molecule has 1 N–H and O–H groups in total. The molecule has 16 heavy (non-hydrogen) atoms. The van der Waals surface area contributed by atoms with Gasteiger partial charge in [-0.25, -0.2) is 0 Å². The van der Waals surface area contributed by atoms with E-state index in [0.717, 1.165) is 25.0 Å². The molecule has 0 radical (unpaired) electrons. The van der Waals surface area contributed by atoms with Crippen LogP contribution in [-0.4, -0.2) is 13.6 Å². The Kier molecular flexibility index (Phi) is 8.29. The zero-order valence-corrected chi connectivity index (χ0v) is 10.7. The smallest absolute Gasteiger partial charge is 0.0171 e. The predicted molar refractivity (Wildman–Crippen MR) is 73.2 cm³/mol. The third-order valence-electron chi connectivity index (χ3n) is 2.47. The van der Waals surface area contributed by atoms with Crippen LogP contribution >= 0.6 is 0 Å². The summed E-state index contributed by atoms with van der Waals surface area (Å²) in [6.45, 7) is 8.77. The molecule has 0 rings (SSSR count). The van der Waals surface area contributed by atoms with Crippen molar-refractivity contribution in [2.75, 3.05) is 13.6 Å². The standard InChI is InChI=1S/C15H23N/c1-6-8-9-10-11-13(3)15(7-2)14(4)12-16-5/h2,6,10-11,13,16H,1,8-9,12H2,3-5H3/b11-10-,15-14-. The number of hydrogen-bond acceptors (Lipinski definition) is 1. The van der Waals surface area contributed by atoms with Gasteiger partial charge in [0.2, 0.25) is 0 Å². The number of allylic oxidation sites excluding steroid dienone is 4. The Balaban J connectivity index is 4.48. The summed E-state index contributed by atoms with van der Waals surface area (Å²) in [5, 5.41) is 3.12. The van der Waals surface area contributed by atoms with Crippen LogP contribution in [0.1, 0.15) is 26.7 Å². The van der Waals surface area contributed by atoms with Crippen molar-refractivity contribution < 1.29 is 0 Å². The Labute approximate surface area is 100 Å². The van der Waals surface area contributed by atoms with Gasteiger partial charge in [0.25, 0.3) is 0 Å². The second-order valence-electron chi connectivity index (χ2n) is 3.95. The highest BCUT2D eigenvalue weighted by Crippen LogP contribution is 2.16. The average Bonchev–Trinajstić information content (AvgIpc) is 2.26. The minimum Gasteiger partial charge on any atom is -0.316 e. The number of terminal acetylenes is 1. The van der Waals surface area contributed by atoms with Gasteiger partial charge in [-0.1, -0.05) is 31.1 Å². The van der Waals surface area contributed by atoms with Crippen LogP contribution in [0.3, 0.4) is 0 Å². The predicted octanol–water partition coefficient (Wildman–Crippen LogP) is 3.31. The Bertz CT molecular complexity index is 302. The van der Waals surface area contributed by atoms with Crippen molar-refractivity contribution in [3.63, 3.8) is 0 Å². The maximum absolute atomic E-state index is 5.55. The summed E-state index contributed by atoms with van der Waals surface area (Å²) < 4.78 is 0. The molecule has 0 saturated heterocycles. The van der Waals surface area contributed by atoms with Gasteiger partial charge in [0.1, 0.15) is 0 Å². The summed E-state index contributed by atoms with van der Waals surface area (Å²) in [6.07, 6.45) is 13.9. The summed E-state index contributed by atoms with van der Waals surface area (Å²) in [5.74, 6) is 3.12. The molecule has 0 aliphatic heterocycles. The first-order chi connectivity index (χ1) is 7.67. The molecule has 0 aromatic carbocycles. The van der Waals surface area contributed by atoms with Crippen molar-refractivity contribution in [2.24, 2.45) is 5.92 Å². The summed E-state index contributed by atoms with van der Waals surface area (Å²) >= 11 is 0. The van der Waals surface area contributed by atoms with E-state index in [1.807, 2.05) is 13.1 Å². The van der Waals surface area contributed by atoms with Crippen LogP contribution in [0.5, 0.6) is 0 Å². The Hall–Kier alpha value is -1.26. The molecule has 0 amide bonds. The van der Waals surface area contributed by atoms with Crippen LogP contribution in [0, 0.1) is 18.3 Å². The third-order valence-corrected chi connectivity index (χ3v) is 2.47. The highest BCUT2D eigenvalue weighted by Gasteiger charge is 2.05. The average molecular weight is 217 g/mol. The second kappa shape index (κ2) is 9.00. The van der Waals surface area contributed by atoms with Crippen molar-refractivity contribution in [2.45, 2.75) is 26.7 Å². The SMILES string of the molecule is C#C/C(=C(\C)CNC)C(C)/C=C\CCC=C. The molecule has 1 unspecified atom stereocenters.